The van der Waals surface area contributed by atoms with Gasteiger partial charge in [-0.25, -0.2) is 4.98 Å². The second-order valence-electron chi connectivity index (χ2n) is 4.50. The third kappa shape index (κ3) is 2.56. The minimum absolute atomic E-state index is 0.192. The van der Waals surface area contributed by atoms with Gasteiger partial charge in [0, 0.05) is 6.54 Å². The predicted molar refractivity (Wildman–Crippen MR) is 73.4 cm³/mol. The van der Waals surface area contributed by atoms with Crippen LogP contribution in [0.3, 0.4) is 0 Å². The summed E-state index contributed by atoms with van der Waals surface area (Å²) in [6.07, 6.45) is 5.29. The Morgan fingerprint density at radius 2 is 2.17 bits per heavy atom. The minimum atomic E-state index is 0.192. The van der Waals surface area contributed by atoms with Crippen LogP contribution in [-0.4, -0.2) is 19.5 Å². The Morgan fingerprint density at radius 1 is 1.39 bits per heavy atom. The molecule has 2 rings (SSSR count). The number of imidazole rings is 1. The van der Waals surface area contributed by atoms with E-state index in [-0.39, 0.29) is 5.95 Å². The van der Waals surface area contributed by atoms with E-state index < -0.39 is 0 Å². The first-order chi connectivity index (χ1) is 8.65. The lowest BCUT2D eigenvalue weighted by Gasteiger charge is -2.14. The first-order valence-electron chi connectivity index (χ1n) is 6.29. The average Bonchev–Trinajstić information content (AvgIpc) is 2.72. The monoisotopic (exact) mass is 267 g/mol. The number of hydrogen-bond donors (Lipinski definition) is 1. The lowest BCUT2D eigenvalue weighted by Crippen LogP contribution is -2.10. The van der Waals surface area contributed by atoms with Gasteiger partial charge in [0.15, 0.2) is 10.8 Å². The van der Waals surface area contributed by atoms with Crippen LogP contribution in [0.15, 0.2) is 6.33 Å². The molecule has 0 aromatic carbocycles. The summed E-state index contributed by atoms with van der Waals surface area (Å²) in [6.45, 7) is 5.30. The Balaban J connectivity index is 2.34. The van der Waals surface area contributed by atoms with Crippen molar-refractivity contribution in [3.8, 4) is 0 Å². The number of fused-ring (bicyclic) bond motifs is 1. The molecular weight excluding hydrogens is 250 g/mol. The molecule has 98 valence electrons. The normalized spacial score (nSPS) is 13.1. The fraction of sp³-hybridized carbons (Fsp3) is 0.583. The third-order valence-corrected chi connectivity index (χ3v) is 3.43. The molecule has 0 aliphatic rings. The molecule has 2 N–H and O–H groups in total. The molecule has 0 amide bonds. The first-order valence-corrected chi connectivity index (χ1v) is 6.67. The van der Waals surface area contributed by atoms with Gasteiger partial charge in [0.2, 0.25) is 5.95 Å². The SMILES string of the molecule is CCC[C@@H](CC)Cn1cnc2c(Cl)nc(N)nc21. The van der Waals surface area contributed by atoms with Crippen molar-refractivity contribution in [2.45, 2.75) is 39.7 Å². The highest BCUT2D eigenvalue weighted by Gasteiger charge is 2.13. The van der Waals surface area contributed by atoms with Gasteiger partial charge >= 0.3 is 0 Å². The fourth-order valence-electron chi connectivity index (χ4n) is 2.17. The lowest BCUT2D eigenvalue weighted by atomic mass is 10.0. The van der Waals surface area contributed by atoms with Crippen molar-refractivity contribution in [2.75, 3.05) is 5.73 Å². The van der Waals surface area contributed by atoms with Crippen molar-refractivity contribution in [1.82, 2.24) is 19.5 Å². The summed E-state index contributed by atoms with van der Waals surface area (Å²) in [6, 6.07) is 0. The van der Waals surface area contributed by atoms with E-state index in [0.29, 0.717) is 16.6 Å². The zero-order valence-electron chi connectivity index (χ0n) is 10.7. The molecule has 6 heteroatoms. The average molecular weight is 268 g/mol. The van der Waals surface area contributed by atoms with Crippen molar-refractivity contribution in [2.24, 2.45) is 5.92 Å². The molecule has 0 radical (unpaired) electrons. The van der Waals surface area contributed by atoms with E-state index in [9.17, 15) is 0 Å². The van der Waals surface area contributed by atoms with Gasteiger partial charge in [-0.2, -0.15) is 9.97 Å². The summed E-state index contributed by atoms with van der Waals surface area (Å²) in [5, 5.41) is 0.319. The number of nitrogen functional groups attached to an aromatic ring is 1. The van der Waals surface area contributed by atoms with Crippen LogP contribution in [0.1, 0.15) is 33.1 Å². The maximum absolute atomic E-state index is 6.00. The summed E-state index contributed by atoms with van der Waals surface area (Å²) >= 11 is 6.00. The van der Waals surface area contributed by atoms with Gasteiger partial charge in [0.05, 0.1) is 6.33 Å². The van der Waals surface area contributed by atoms with Crippen molar-refractivity contribution in [3.63, 3.8) is 0 Å². The standard InChI is InChI=1S/C12H18ClN5/c1-3-5-8(4-2)6-18-7-15-9-10(13)16-12(14)17-11(9)18/h7-8H,3-6H2,1-2H3,(H2,14,16,17)/t8-/m1/s1. The number of halogens is 1. The van der Waals surface area contributed by atoms with E-state index >= 15 is 0 Å². The molecule has 0 spiro atoms. The largest absolute Gasteiger partial charge is 0.368 e. The van der Waals surface area contributed by atoms with Crippen molar-refractivity contribution >= 4 is 28.7 Å². The number of nitrogens with zero attached hydrogens (tertiary/aromatic N) is 4. The number of anilines is 1. The second-order valence-corrected chi connectivity index (χ2v) is 4.86. The number of rotatable bonds is 5. The Labute approximate surface area is 111 Å². The molecule has 0 bridgehead atoms. The number of hydrogen-bond acceptors (Lipinski definition) is 4. The number of nitrogens with two attached hydrogens (primary N) is 1. The molecule has 0 saturated carbocycles. The second kappa shape index (κ2) is 5.52. The molecule has 2 aromatic rings. The highest BCUT2D eigenvalue weighted by Crippen LogP contribution is 2.22. The summed E-state index contributed by atoms with van der Waals surface area (Å²) in [4.78, 5) is 12.4. The van der Waals surface area contributed by atoms with E-state index in [1.54, 1.807) is 6.33 Å². The Bertz CT molecular complexity index is 536. The van der Waals surface area contributed by atoms with E-state index in [1.807, 2.05) is 4.57 Å². The molecule has 5 nitrogen and oxygen atoms in total. The molecule has 0 saturated heterocycles. The topological polar surface area (TPSA) is 69.6 Å². The van der Waals surface area contributed by atoms with Crippen molar-refractivity contribution in [3.05, 3.63) is 11.5 Å². The molecule has 0 fully saturated rings. The van der Waals surface area contributed by atoms with Crippen LogP contribution in [0.4, 0.5) is 5.95 Å². The van der Waals surface area contributed by atoms with Crippen LogP contribution < -0.4 is 5.73 Å². The molecule has 0 aliphatic carbocycles. The molecule has 18 heavy (non-hydrogen) atoms. The molecule has 2 aromatic heterocycles. The highest BCUT2D eigenvalue weighted by molar-refractivity contribution is 6.33. The van der Waals surface area contributed by atoms with Crippen LogP contribution in [0.2, 0.25) is 5.15 Å². The van der Waals surface area contributed by atoms with Gasteiger partial charge in [0.1, 0.15) is 5.52 Å². The Hall–Kier alpha value is -1.36. The molecule has 0 unspecified atom stereocenters. The summed E-state index contributed by atoms with van der Waals surface area (Å²) in [5.74, 6) is 0.820. The van der Waals surface area contributed by atoms with E-state index in [0.717, 1.165) is 18.6 Å². The molecular formula is C12H18ClN5. The maximum atomic E-state index is 6.00. The highest BCUT2D eigenvalue weighted by atomic mass is 35.5. The maximum Gasteiger partial charge on any atom is 0.223 e. The van der Waals surface area contributed by atoms with Crippen LogP contribution in [0, 0.1) is 5.92 Å². The summed E-state index contributed by atoms with van der Waals surface area (Å²) in [5.41, 5.74) is 6.97. The van der Waals surface area contributed by atoms with Crippen molar-refractivity contribution < 1.29 is 0 Å². The van der Waals surface area contributed by atoms with Gasteiger partial charge < -0.3 is 10.3 Å². The Kier molecular flexibility index (Phi) is 4.01. The van der Waals surface area contributed by atoms with E-state index in [4.69, 9.17) is 17.3 Å². The number of aromatic nitrogens is 4. The summed E-state index contributed by atoms with van der Waals surface area (Å²) < 4.78 is 2.02. The molecule has 1 atom stereocenters. The summed E-state index contributed by atoms with van der Waals surface area (Å²) in [7, 11) is 0. The zero-order valence-corrected chi connectivity index (χ0v) is 11.5. The zero-order chi connectivity index (χ0) is 13.1. The smallest absolute Gasteiger partial charge is 0.223 e. The van der Waals surface area contributed by atoms with Crippen LogP contribution in [0.25, 0.3) is 11.2 Å². The Morgan fingerprint density at radius 3 is 2.83 bits per heavy atom. The quantitative estimate of drug-likeness (QED) is 0.846. The van der Waals surface area contributed by atoms with Crippen LogP contribution in [-0.2, 0) is 6.54 Å². The minimum Gasteiger partial charge on any atom is -0.368 e. The lowest BCUT2D eigenvalue weighted by molar-refractivity contribution is 0.403. The van der Waals surface area contributed by atoms with Gasteiger partial charge in [-0.05, 0) is 12.3 Å². The fourth-order valence-corrected chi connectivity index (χ4v) is 2.39. The van der Waals surface area contributed by atoms with E-state index in [2.05, 4.69) is 28.8 Å². The van der Waals surface area contributed by atoms with Gasteiger partial charge in [-0.15, -0.1) is 0 Å². The molecule has 0 aliphatic heterocycles. The first kappa shape index (κ1) is 13.1. The van der Waals surface area contributed by atoms with Gasteiger partial charge in [-0.3, -0.25) is 0 Å². The van der Waals surface area contributed by atoms with Crippen molar-refractivity contribution in [1.29, 1.82) is 0 Å². The molecule has 2 heterocycles. The van der Waals surface area contributed by atoms with E-state index in [1.165, 1.54) is 12.8 Å². The van der Waals surface area contributed by atoms with Crippen LogP contribution >= 0.6 is 11.6 Å². The predicted octanol–water partition coefficient (Wildman–Crippen LogP) is 2.89. The van der Waals surface area contributed by atoms with Gasteiger partial charge in [0.25, 0.3) is 0 Å². The van der Waals surface area contributed by atoms with Crippen LogP contribution in [0.5, 0.6) is 0 Å². The van der Waals surface area contributed by atoms with Gasteiger partial charge in [-0.1, -0.05) is 38.3 Å². The third-order valence-electron chi connectivity index (χ3n) is 3.17.